The van der Waals surface area contributed by atoms with Crippen LogP contribution in [0.5, 0.6) is 0 Å². The molecule has 0 aliphatic rings. The standard InChI is InChI=1S/C16H11N3O5/c17-8-10-1-3-11(4-2-10)16(21)24-9-13-6-5-12(15(18)20)7-14(13)19(22)23/h1-7H,9H2,(H2,18,20). The number of nitro benzene ring substituents is 1. The molecule has 0 radical (unpaired) electrons. The van der Waals surface area contributed by atoms with Gasteiger partial charge < -0.3 is 10.5 Å². The Kier molecular flexibility index (Phi) is 4.87. The second-order valence-electron chi connectivity index (χ2n) is 4.73. The lowest BCUT2D eigenvalue weighted by Gasteiger charge is -2.07. The summed E-state index contributed by atoms with van der Waals surface area (Å²) in [5.41, 5.74) is 5.45. The van der Waals surface area contributed by atoms with Gasteiger partial charge in [-0.3, -0.25) is 14.9 Å². The molecule has 0 bridgehead atoms. The van der Waals surface area contributed by atoms with Gasteiger partial charge in [0.05, 0.1) is 27.7 Å². The van der Waals surface area contributed by atoms with Crippen molar-refractivity contribution in [1.82, 2.24) is 0 Å². The highest BCUT2D eigenvalue weighted by Gasteiger charge is 2.18. The largest absolute Gasteiger partial charge is 0.457 e. The van der Waals surface area contributed by atoms with Gasteiger partial charge in [-0.25, -0.2) is 4.79 Å². The van der Waals surface area contributed by atoms with E-state index in [0.29, 0.717) is 5.56 Å². The van der Waals surface area contributed by atoms with Crippen molar-refractivity contribution in [1.29, 1.82) is 5.26 Å². The zero-order valence-electron chi connectivity index (χ0n) is 12.3. The predicted molar refractivity (Wildman–Crippen MR) is 81.9 cm³/mol. The minimum absolute atomic E-state index is 0.0103. The van der Waals surface area contributed by atoms with E-state index in [2.05, 4.69) is 0 Å². The lowest BCUT2D eigenvalue weighted by Crippen LogP contribution is -2.12. The predicted octanol–water partition coefficient (Wildman–Crippen LogP) is 1.92. The van der Waals surface area contributed by atoms with Crippen LogP contribution in [0.25, 0.3) is 0 Å². The van der Waals surface area contributed by atoms with Gasteiger partial charge in [0.15, 0.2) is 0 Å². The van der Waals surface area contributed by atoms with Crippen LogP contribution in [0.2, 0.25) is 0 Å². The highest BCUT2D eigenvalue weighted by molar-refractivity contribution is 5.93. The first-order valence-corrected chi connectivity index (χ1v) is 6.67. The molecule has 0 aliphatic heterocycles. The monoisotopic (exact) mass is 325 g/mol. The maximum Gasteiger partial charge on any atom is 0.338 e. The van der Waals surface area contributed by atoms with Gasteiger partial charge in [0.1, 0.15) is 6.61 Å². The Bertz CT molecular complexity index is 853. The molecule has 2 aromatic carbocycles. The van der Waals surface area contributed by atoms with E-state index in [9.17, 15) is 19.7 Å². The van der Waals surface area contributed by atoms with E-state index in [-0.39, 0.29) is 29.0 Å². The maximum absolute atomic E-state index is 11.9. The second kappa shape index (κ2) is 7.02. The second-order valence-corrected chi connectivity index (χ2v) is 4.73. The van der Waals surface area contributed by atoms with Gasteiger partial charge in [-0.2, -0.15) is 5.26 Å². The molecule has 0 aliphatic carbocycles. The van der Waals surface area contributed by atoms with E-state index in [1.807, 2.05) is 6.07 Å². The first-order chi connectivity index (χ1) is 11.4. The summed E-state index contributed by atoms with van der Waals surface area (Å²) in [5.74, 6) is -1.48. The molecule has 0 aromatic heterocycles. The van der Waals surface area contributed by atoms with Crippen molar-refractivity contribution < 1.29 is 19.2 Å². The van der Waals surface area contributed by atoms with Gasteiger partial charge in [0.2, 0.25) is 5.91 Å². The quantitative estimate of drug-likeness (QED) is 0.506. The average Bonchev–Trinajstić information content (AvgIpc) is 2.59. The van der Waals surface area contributed by atoms with Crippen molar-refractivity contribution in [2.45, 2.75) is 6.61 Å². The lowest BCUT2D eigenvalue weighted by atomic mass is 10.1. The van der Waals surface area contributed by atoms with Crippen molar-refractivity contribution in [3.8, 4) is 6.07 Å². The van der Waals surface area contributed by atoms with Crippen molar-refractivity contribution in [2.24, 2.45) is 5.73 Å². The number of primary amides is 1. The molecule has 2 aromatic rings. The van der Waals surface area contributed by atoms with Crippen LogP contribution < -0.4 is 5.73 Å². The van der Waals surface area contributed by atoms with E-state index in [4.69, 9.17) is 15.7 Å². The van der Waals surface area contributed by atoms with Crippen LogP contribution in [-0.2, 0) is 11.3 Å². The molecular weight excluding hydrogens is 314 g/mol. The average molecular weight is 325 g/mol. The molecule has 0 fully saturated rings. The topological polar surface area (TPSA) is 136 Å². The van der Waals surface area contributed by atoms with Crippen LogP contribution in [0.1, 0.15) is 31.8 Å². The Morgan fingerprint density at radius 2 is 1.79 bits per heavy atom. The number of benzene rings is 2. The third-order valence-corrected chi connectivity index (χ3v) is 3.17. The Hall–Kier alpha value is -3.73. The molecule has 0 unspecified atom stereocenters. The molecular formula is C16H11N3O5. The van der Waals surface area contributed by atoms with E-state index in [1.165, 1.54) is 36.4 Å². The number of ether oxygens (including phenoxy) is 1. The number of esters is 1. The fourth-order valence-corrected chi connectivity index (χ4v) is 1.92. The van der Waals surface area contributed by atoms with Crippen LogP contribution in [0.15, 0.2) is 42.5 Å². The number of hydrogen-bond acceptors (Lipinski definition) is 6. The Labute approximate surface area is 136 Å². The SMILES string of the molecule is N#Cc1ccc(C(=O)OCc2ccc(C(N)=O)cc2[N+](=O)[O-])cc1. The number of carbonyl (C=O) groups is 2. The molecule has 2 N–H and O–H groups in total. The van der Waals surface area contributed by atoms with Gasteiger partial charge in [-0.05, 0) is 36.4 Å². The summed E-state index contributed by atoms with van der Waals surface area (Å²) in [6.45, 7) is -0.339. The molecule has 1 amide bonds. The van der Waals surface area contributed by atoms with Gasteiger partial charge in [-0.1, -0.05) is 0 Å². The fraction of sp³-hybridized carbons (Fsp3) is 0.0625. The van der Waals surface area contributed by atoms with Crippen molar-refractivity contribution in [3.63, 3.8) is 0 Å². The Balaban J connectivity index is 2.16. The van der Waals surface area contributed by atoms with Crippen LogP contribution in [0.4, 0.5) is 5.69 Å². The zero-order valence-corrected chi connectivity index (χ0v) is 12.3. The smallest absolute Gasteiger partial charge is 0.338 e. The summed E-state index contributed by atoms with van der Waals surface area (Å²) in [4.78, 5) is 33.4. The number of nitrogens with two attached hydrogens (primary N) is 1. The molecule has 120 valence electrons. The molecule has 2 rings (SSSR count). The third-order valence-electron chi connectivity index (χ3n) is 3.17. The summed E-state index contributed by atoms with van der Waals surface area (Å²) in [5, 5.41) is 19.8. The van der Waals surface area contributed by atoms with Gasteiger partial charge in [0.25, 0.3) is 5.69 Å². The van der Waals surface area contributed by atoms with E-state index >= 15 is 0 Å². The lowest BCUT2D eigenvalue weighted by molar-refractivity contribution is -0.385. The normalized spacial score (nSPS) is 9.79. The summed E-state index contributed by atoms with van der Waals surface area (Å²) < 4.78 is 5.04. The first kappa shape index (κ1) is 16.6. The summed E-state index contributed by atoms with van der Waals surface area (Å²) >= 11 is 0. The molecule has 0 spiro atoms. The Morgan fingerprint density at radius 1 is 1.17 bits per heavy atom. The molecule has 0 atom stereocenters. The number of rotatable bonds is 5. The first-order valence-electron chi connectivity index (χ1n) is 6.67. The number of nitriles is 1. The van der Waals surface area contributed by atoms with Crippen LogP contribution in [-0.4, -0.2) is 16.8 Å². The molecule has 24 heavy (non-hydrogen) atoms. The van der Waals surface area contributed by atoms with Gasteiger partial charge in [0, 0.05) is 11.6 Å². The maximum atomic E-state index is 11.9. The summed E-state index contributed by atoms with van der Waals surface area (Å²) in [7, 11) is 0. The number of amides is 1. The molecule has 0 saturated carbocycles. The number of nitro groups is 1. The van der Waals surface area contributed by atoms with E-state index in [1.54, 1.807) is 0 Å². The highest BCUT2D eigenvalue weighted by Crippen LogP contribution is 2.21. The molecule has 8 nitrogen and oxygen atoms in total. The van der Waals surface area contributed by atoms with E-state index < -0.39 is 16.8 Å². The minimum atomic E-state index is -0.792. The molecule has 0 heterocycles. The van der Waals surface area contributed by atoms with Crippen molar-refractivity contribution >= 4 is 17.6 Å². The van der Waals surface area contributed by atoms with Crippen LogP contribution in [0, 0.1) is 21.4 Å². The minimum Gasteiger partial charge on any atom is -0.457 e. The summed E-state index contributed by atoms with van der Waals surface area (Å²) in [6, 6.07) is 11.3. The molecule has 8 heteroatoms. The van der Waals surface area contributed by atoms with Crippen molar-refractivity contribution in [3.05, 3.63) is 74.8 Å². The number of hydrogen-bond donors (Lipinski definition) is 1. The van der Waals surface area contributed by atoms with Gasteiger partial charge >= 0.3 is 5.97 Å². The number of carbonyl (C=O) groups excluding carboxylic acids is 2. The zero-order chi connectivity index (χ0) is 17.7. The fourth-order valence-electron chi connectivity index (χ4n) is 1.92. The van der Waals surface area contributed by atoms with Crippen LogP contribution >= 0.6 is 0 Å². The number of nitrogens with zero attached hydrogens (tertiary/aromatic N) is 2. The van der Waals surface area contributed by atoms with E-state index in [0.717, 1.165) is 6.07 Å². The highest BCUT2D eigenvalue weighted by atomic mass is 16.6. The molecule has 0 saturated heterocycles. The third kappa shape index (κ3) is 3.72. The summed E-state index contributed by atoms with van der Waals surface area (Å²) in [6.07, 6.45) is 0. The van der Waals surface area contributed by atoms with Crippen LogP contribution in [0.3, 0.4) is 0 Å². The van der Waals surface area contributed by atoms with Crippen molar-refractivity contribution in [2.75, 3.05) is 0 Å². The Morgan fingerprint density at radius 3 is 2.33 bits per heavy atom. The van der Waals surface area contributed by atoms with Gasteiger partial charge in [-0.15, -0.1) is 0 Å².